The van der Waals surface area contributed by atoms with Crippen molar-refractivity contribution < 1.29 is 24.9 Å². The summed E-state index contributed by atoms with van der Waals surface area (Å²) < 4.78 is 0. The third kappa shape index (κ3) is 2.08. The van der Waals surface area contributed by atoms with Crippen LogP contribution >= 0.6 is 0 Å². The Labute approximate surface area is 153 Å². The Morgan fingerprint density at radius 2 is 2.04 bits per heavy atom. The molecule has 0 spiro atoms. The minimum absolute atomic E-state index is 0.00498. The lowest BCUT2D eigenvalue weighted by Gasteiger charge is -2.59. The molecule has 0 aromatic carbocycles. The molecular weight excluding hydrogens is 332 g/mol. The van der Waals surface area contributed by atoms with Gasteiger partial charge >= 0.3 is 0 Å². The first-order valence-electron chi connectivity index (χ1n) is 9.54. The second-order valence-electron chi connectivity index (χ2n) is 9.10. The van der Waals surface area contributed by atoms with E-state index >= 15 is 0 Å². The van der Waals surface area contributed by atoms with Gasteiger partial charge in [0.25, 0.3) is 0 Å². The minimum atomic E-state index is -1.62. The number of aliphatic hydroxyl groups excluding tert-OH is 2. The Hall–Kier alpha value is -1.30. The van der Waals surface area contributed by atoms with Crippen LogP contribution in [-0.4, -0.2) is 38.6 Å². The number of rotatable bonds is 2. The van der Waals surface area contributed by atoms with E-state index in [1.54, 1.807) is 12.2 Å². The van der Waals surface area contributed by atoms with Crippen LogP contribution in [0.3, 0.4) is 0 Å². The van der Waals surface area contributed by atoms with Crippen LogP contribution in [0.2, 0.25) is 0 Å². The first-order chi connectivity index (χ1) is 12.2. The van der Waals surface area contributed by atoms with Crippen molar-refractivity contribution in [3.63, 3.8) is 0 Å². The number of allylic oxidation sites excluding steroid dienone is 4. The number of carbonyl (C=O) groups is 2. The molecule has 141 valence electrons. The molecule has 4 aliphatic carbocycles. The quantitative estimate of drug-likeness (QED) is 0.702. The zero-order chi connectivity index (χ0) is 18.9. The maximum Gasteiger partial charge on any atom is 0.196 e. The number of fused-ring (bicyclic) bond motifs is 5. The lowest BCUT2D eigenvalue weighted by atomic mass is 9.46. The van der Waals surface area contributed by atoms with Gasteiger partial charge in [-0.05, 0) is 56.1 Å². The summed E-state index contributed by atoms with van der Waals surface area (Å²) in [6.45, 7) is 4.46. The largest absolute Gasteiger partial charge is 0.393 e. The second-order valence-corrected chi connectivity index (χ2v) is 9.10. The van der Waals surface area contributed by atoms with Crippen LogP contribution in [0, 0.1) is 35.2 Å². The number of hydrogen-bond acceptors (Lipinski definition) is 5. The lowest BCUT2D eigenvalue weighted by molar-refractivity contribution is -0.176. The zero-order valence-corrected chi connectivity index (χ0v) is 15.3. The number of hydrogen-bond donors (Lipinski definition) is 3. The van der Waals surface area contributed by atoms with Crippen LogP contribution in [0.1, 0.15) is 46.0 Å². The van der Waals surface area contributed by atoms with Crippen LogP contribution in [-0.2, 0) is 9.59 Å². The van der Waals surface area contributed by atoms with Gasteiger partial charge in [0.05, 0.1) is 6.10 Å². The summed E-state index contributed by atoms with van der Waals surface area (Å²) in [4.78, 5) is 24.1. The molecule has 0 amide bonds. The molecule has 0 aromatic rings. The molecule has 3 saturated carbocycles. The standard InChI is InChI=1S/C21H27O5/c1-19-7-5-13(23)9-12(19)3-4-14-15-6-8-21(26,17(25)11-22)20(15,2)10-16(24)18(14)19/h5,7,9,11,14-16,18,22,24,26H,3-4,6,8,10H2,1-2H3/t14-,15-,16?,18+,19-,20-,21-/m0/s1. The highest BCUT2D eigenvalue weighted by Crippen LogP contribution is 2.67. The second kappa shape index (κ2) is 5.60. The van der Waals surface area contributed by atoms with Gasteiger partial charge in [-0.15, -0.1) is 0 Å². The Kier molecular flexibility index (Phi) is 3.89. The fourth-order valence-electron chi connectivity index (χ4n) is 6.84. The molecule has 0 aliphatic heterocycles. The molecule has 1 unspecified atom stereocenters. The molecule has 1 radical (unpaired) electrons. The molecule has 26 heavy (non-hydrogen) atoms. The van der Waals surface area contributed by atoms with Crippen LogP contribution in [0.25, 0.3) is 0 Å². The highest BCUT2D eigenvalue weighted by atomic mass is 16.3. The van der Waals surface area contributed by atoms with Gasteiger partial charge in [-0.2, -0.15) is 0 Å². The van der Waals surface area contributed by atoms with E-state index in [1.807, 2.05) is 13.0 Å². The van der Waals surface area contributed by atoms with Crippen molar-refractivity contribution in [2.45, 2.75) is 57.7 Å². The normalized spacial score (nSPS) is 49.9. The molecule has 0 heterocycles. The van der Waals surface area contributed by atoms with E-state index in [0.29, 0.717) is 25.9 Å². The first kappa shape index (κ1) is 18.1. The summed E-state index contributed by atoms with van der Waals surface area (Å²) in [7, 11) is 0. The number of ketones is 2. The molecule has 0 aromatic heterocycles. The fraction of sp³-hybridized carbons (Fsp3) is 0.667. The predicted octanol–water partition coefficient (Wildman–Crippen LogP) is 2.10. The van der Waals surface area contributed by atoms with Gasteiger partial charge in [0.2, 0.25) is 0 Å². The van der Waals surface area contributed by atoms with Gasteiger partial charge < -0.3 is 15.3 Å². The molecule has 0 saturated heterocycles. The van der Waals surface area contributed by atoms with E-state index in [2.05, 4.69) is 6.92 Å². The molecular formula is C21H27O5. The van der Waals surface area contributed by atoms with E-state index in [0.717, 1.165) is 18.4 Å². The van der Waals surface area contributed by atoms with Crippen LogP contribution < -0.4 is 0 Å². The summed E-state index contributed by atoms with van der Waals surface area (Å²) in [5.74, 6) is -0.400. The highest BCUT2D eigenvalue weighted by Gasteiger charge is 2.68. The summed E-state index contributed by atoms with van der Waals surface area (Å²) in [6.07, 6.45) is 7.56. The van der Waals surface area contributed by atoms with Crippen LogP contribution in [0.5, 0.6) is 0 Å². The Balaban J connectivity index is 1.75. The maximum absolute atomic E-state index is 12.3. The van der Waals surface area contributed by atoms with Gasteiger partial charge in [0, 0.05) is 16.7 Å². The third-order valence-corrected chi connectivity index (χ3v) is 8.17. The van der Waals surface area contributed by atoms with Crippen LogP contribution in [0.4, 0.5) is 0 Å². The molecule has 3 fully saturated rings. The summed E-state index contributed by atoms with van der Waals surface area (Å²) in [5.41, 5.74) is -1.64. The topological polar surface area (TPSA) is 94.8 Å². The Morgan fingerprint density at radius 3 is 2.73 bits per heavy atom. The van der Waals surface area contributed by atoms with E-state index in [1.165, 1.54) is 0 Å². The smallest absolute Gasteiger partial charge is 0.196 e. The summed E-state index contributed by atoms with van der Waals surface area (Å²) in [6, 6.07) is 0. The number of aliphatic hydroxyl groups is 3. The maximum atomic E-state index is 12.3. The van der Waals surface area contributed by atoms with Crippen molar-refractivity contribution in [1.29, 1.82) is 0 Å². The van der Waals surface area contributed by atoms with Crippen molar-refractivity contribution >= 4 is 11.6 Å². The molecule has 5 heteroatoms. The highest BCUT2D eigenvalue weighted by molar-refractivity contribution is 6.01. The van der Waals surface area contributed by atoms with Gasteiger partial charge in [-0.1, -0.05) is 25.5 Å². The van der Waals surface area contributed by atoms with Gasteiger partial charge in [0.15, 0.2) is 11.6 Å². The Morgan fingerprint density at radius 1 is 1.31 bits per heavy atom. The third-order valence-electron chi connectivity index (χ3n) is 8.17. The SMILES string of the molecule is C[C@]12C=CC(=O)C=C1CC[C@@H]1[C@@H]2C(O)C[C@@]2(C)[C@H]1CC[C@]2(O)C(=O)[CH]O. The van der Waals surface area contributed by atoms with Crippen molar-refractivity contribution in [2.75, 3.05) is 0 Å². The number of Topliss-reactive ketones (excluding diaryl/α,β-unsaturated/α-hetero) is 1. The fourth-order valence-corrected chi connectivity index (χ4v) is 6.84. The van der Waals surface area contributed by atoms with Gasteiger partial charge in [0.1, 0.15) is 12.2 Å². The molecule has 4 aliphatic rings. The Bertz CT molecular complexity index is 724. The van der Waals surface area contributed by atoms with Gasteiger partial charge in [-0.25, -0.2) is 0 Å². The number of carbonyl (C=O) groups excluding carboxylic acids is 2. The van der Waals surface area contributed by atoms with E-state index in [9.17, 15) is 24.9 Å². The average Bonchev–Trinajstić information content (AvgIpc) is 2.86. The molecule has 3 N–H and O–H groups in total. The average molecular weight is 359 g/mol. The predicted molar refractivity (Wildman–Crippen MR) is 94.2 cm³/mol. The summed E-state index contributed by atoms with van der Waals surface area (Å²) >= 11 is 0. The van der Waals surface area contributed by atoms with Crippen molar-refractivity contribution in [3.8, 4) is 0 Å². The van der Waals surface area contributed by atoms with Gasteiger partial charge in [-0.3, -0.25) is 9.59 Å². The molecule has 0 bridgehead atoms. The molecule has 5 nitrogen and oxygen atoms in total. The summed E-state index contributed by atoms with van der Waals surface area (Å²) in [5, 5.41) is 31.5. The molecule has 7 atom stereocenters. The first-order valence-corrected chi connectivity index (χ1v) is 9.54. The lowest BCUT2D eigenvalue weighted by Crippen LogP contribution is -2.61. The molecule has 4 rings (SSSR count). The van der Waals surface area contributed by atoms with E-state index in [4.69, 9.17) is 0 Å². The monoisotopic (exact) mass is 359 g/mol. The van der Waals surface area contributed by atoms with Crippen molar-refractivity contribution in [3.05, 3.63) is 30.4 Å². The zero-order valence-electron chi connectivity index (χ0n) is 15.3. The van der Waals surface area contributed by atoms with E-state index < -0.39 is 22.9 Å². The van der Waals surface area contributed by atoms with Crippen LogP contribution in [0.15, 0.2) is 23.8 Å². The minimum Gasteiger partial charge on any atom is -0.393 e. The van der Waals surface area contributed by atoms with E-state index in [-0.39, 0.29) is 29.0 Å². The van der Waals surface area contributed by atoms with Crippen molar-refractivity contribution in [2.24, 2.45) is 28.6 Å². The van der Waals surface area contributed by atoms with Crippen molar-refractivity contribution in [1.82, 2.24) is 0 Å².